The maximum atomic E-state index is 12.7. The van der Waals surface area contributed by atoms with E-state index in [-0.39, 0.29) is 16.0 Å². The fourth-order valence-corrected chi connectivity index (χ4v) is 11.9. The van der Waals surface area contributed by atoms with Gasteiger partial charge in [0, 0.05) is 6.61 Å². The molecule has 0 bridgehead atoms. The summed E-state index contributed by atoms with van der Waals surface area (Å²) in [5.41, 5.74) is 1.03. The van der Waals surface area contributed by atoms with Gasteiger partial charge in [-0.15, -0.1) is 0 Å². The van der Waals surface area contributed by atoms with Gasteiger partial charge in [-0.25, -0.2) is 0 Å². The van der Waals surface area contributed by atoms with Gasteiger partial charge in [-0.2, -0.15) is 8.42 Å². The minimum atomic E-state index is -3.73. The van der Waals surface area contributed by atoms with E-state index in [0.29, 0.717) is 24.4 Å². The molecule has 2 unspecified atom stereocenters. The number of rotatable bonds is 8. The van der Waals surface area contributed by atoms with E-state index in [9.17, 15) is 8.42 Å². The highest BCUT2D eigenvalue weighted by atomic mass is 32.2. The predicted molar refractivity (Wildman–Crippen MR) is 147 cm³/mol. The lowest BCUT2D eigenvalue weighted by molar-refractivity contribution is 0.179. The summed E-state index contributed by atoms with van der Waals surface area (Å²) in [7, 11) is -6.28. The first-order chi connectivity index (χ1) is 17.1. The van der Waals surface area contributed by atoms with Gasteiger partial charge < -0.3 is 4.43 Å². The standard InChI is InChI=1S/C30H36O4SSi/c1-22-15-17-24(18-16-22)35(31,32)34-23-19-27-28(20-23)29(27)21-33-36(30(2,3)4,25-11-7-5-8-12-25)26-13-9-6-10-14-26/h5-18,23,27-29H,19-21H2,1-4H3/t23?,27-,28+,29?. The summed E-state index contributed by atoms with van der Waals surface area (Å²) < 4.78 is 38.3. The summed E-state index contributed by atoms with van der Waals surface area (Å²) >= 11 is 0. The van der Waals surface area contributed by atoms with Crippen molar-refractivity contribution in [2.45, 2.75) is 56.6 Å². The second kappa shape index (κ2) is 9.56. The first-order valence-electron chi connectivity index (χ1n) is 12.9. The Bertz CT molecular complexity index is 1230. The van der Waals surface area contributed by atoms with Crippen molar-refractivity contribution in [2.75, 3.05) is 6.61 Å². The molecule has 0 saturated heterocycles. The molecular formula is C30H36O4SSi. The third-order valence-electron chi connectivity index (χ3n) is 8.06. The molecular weight excluding hydrogens is 484 g/mol. The van der Waals surface area contributed by atoms with Crippen LogP contribution in [0.3, 0.4) is 0 Å². The molecule has 2 fully saturated rings. The topological polar surface area (TPSA) is 52.6 Å². The summed E-state index contributed by atoms with van der Waals surface area (Å²) in [6.45, 7) is 9.54. The first-order valence-corrected chi connectivity index (χ1v) is 16.2. The van der Waals surface area contributed by atoms with Crippen LogP contribution in [0.15, 0.2) is 89.8 Å². The molecule has 0 heterocycles. The lowest BCUT2D eigenvalue weighted by Crippen LogP contribution is -2.66. The fourth-order valence-electron chi connectivity index (χ4n) is 6.18. The average molecular weight is 521 g/mol. The molecule has 3 aromatic rings. The zero-order chi connectivity index (χ0) is 25.6. The van der Waals surface area contributed by atoms with E-state index >= 15 is 0 Å². The van der Waals surface area contributed by atoms with E-state index in [2.05, 4.69) is 81.4 Å². The van der Waals surface area contributed by atoms with Crippen LogP contribution in [0.5, 0.6) is 0 Å². The van der Waals surface area contributed by atoms with Crippen molar-refractivity contribution in [1.29, 1.82) is 0 Å². The normalized spacial score (nSPS) is 23.9. The largest absolute Gasteiger partial charge is 0.407 e. The highest BCUT2D eigenvalue weighted by Crippen LogP contribution is 2.59. The van der Waals surface area contributed by atoms with Crippen LogP contribution in [0, 0.1) is 24.7 Å². The van der Waals surface area contributed by atoms with E-state index in [1.54, 1.807) is 24.3 Å². The van der Waals surface area contributed by atoms with Crippen LogP contribution >= 0.6 is 0 Å². The number of aryl methyl sites for hydroxylation is 1. The molecule has 0 N–H and O–H groups in total. The monoisotopic (exact) mass is 520 g/mol. The predicted octanol–water partition coefficient (Wildman–Crippen LogP) is 5.30. The smallest absolute Gasteiger partial charge is 0.297 e. The quantitative estimate of drug-likeness (QED) is 0.299. The van der Waals surface area contributed by atoms with Gasteiger partial charge in [-0.05, 0) is 65.1 Å². The molecule has 3 aromatic carbocycles. The molecule has 2 aliphatic rings. The molecule has 0 aliphatic heterocycles. The van der Waals surface area contributed by atoms with Gasteiger partial charge >= 0.3 is 0 Å². The third-order valence-corrected chi connectivity index (χ3v) is 14.4. The van der Waals surface area contributed by atoms with E-state index in [4.69, 9.17) is 8.61 Å². The van der Waals surface area contributed by atoms with Crippen molar-refractivity contribution in [3.63, 3.8) is 0 Å². The highest BCUT2D eigenvalue weighted by molar-refractivity contribution is 7.86. The molecule has 190 valence electrons. The molecule has 2 saturated carbocycles. The Kier molecular flexibility index (Phi) is 6.75. The van der Waals surface area contributed by atoms with Crippen LogP contribution in [0.2, 0.25) is 5.04 Å². The molecule has 0 radical (unpaired) electrons. The van der Waals surface area contributed by atoms with Crippen molar-refractivity contribution in [3.05, 3.63) is 90.5 Å². The van der Waals surface area contributed by atoms with Crippen molar-refractivity contribution in [1.82, 2.24) is 0 Å². The Labute approximate surface area is 216 Å². The van der Waals surface area contributed by atoms with Gasteiger partial charge in [-0.3, -0.25) is 4.18 Å². The molecule has 4 nitrogen and oxygen atoms in total. The zero-order valence-electron chi connectivity index (χ0n) is 21.6. The Hall–Kier alpha value is -2.25. The van der Waals surface area contributed by atoms with Gasteiger partial charge in [0.15, 0.2) is 0 Å². The first kappa shape index (κ1) is 25.4. The molecule has 36 heavy (non-hydrogen) atoms. The molecule has 5 rings (SSSR count). The fraction of sp³-hybridized carbons (Fsp3) is 0.400. The maximum Gasteiger partial charge on any atom is 0.297 e. The average Bonchev–Trinajstić information content (AvgIpc) is 3.30. The van der Waals surface area contributed by atoms with Gasteiger partial charge in [-0.1, -0.05) is 99.1 Å². The summed E-state index contributed by atoms with van der Waals surface area (Å²) in [5.74, 6) is 1.41. The van der Waals surface area contributed by atoms with Crippen molar-refractivity contribution < 1.29 is 17.0 Å². The molecule has 6 heteroatoms. The summed E-state index contributed by atoms with van der Waals surface area (Å²) in [6, 6.07) is 28.3. The lowest BCUT2D eigenvalue weighted by atomic mass is 10.1. The van der Waals surface area contributed by atoms with Crippen molar-refractivity contribution in [3.8, 4) is 0 Å². The Morgan fingerprint density at radius 3 is 1.78 bits per heavy atom. The Morgan fingerprint density at radius 2 is 1.31 bits per heavy atom. The van der Waals surface area contributed by atoms with Crippen LogP contribution < -0.4 is 10.4 Å². The van der Waals surface area contributed by atoms with Crippen LogP contribution in [0.25, 0.3) is 0 Å². The molecule has 2 aliphatic carbocycles. The minimum Gasteiger partial charge on any atom is -0.407 e. The SMILES string of the molecule is Cc1ccc(S(=O)(=O)OC2C[C@@H]3C(CO[Si](c4ccccc4)(c4ccccc4)C(C)(C)C)[C@@H]3C2)cc1. The van der Waals surface area contributed by atoms with Crippen LogP contribution in [0.1, 0.15) is 39.2 Å². The third kappa shape index (κ3) is 4.72. The van der Waals surface area contributed by atoms with Gasteiger partial charge in [0.05, 0.1) is 11.0 Å². The van der Waals surface area contributed by atoms with Crippen molar-refractivity contribution in [2.24, 2.45) is 17.8 Å². The highest BCUT2D eigenvalue weighted by Gasteiger charge is 2.59. The van der Waals surface area contributed by atoms with Crippen LogP contribution in [-0.4, -0.2) is 29.4 Å². The van der Waals surface area contributed by atoms with Crippen LogP contribution in [-0.2, 0) is 18.7 Å². The van der Waals surface area contributed by atoms with Gasteiger partial charge in [0.2, 0.25) is 0 Å². The minimum absolute atomic E-state index is 0.0481. The second-order valence-corrected chi connectivity index (χ2v) is 17.3. The van der Waals surface area contributed by atoms with Crippen LogP contribution in [0.4, 0.5) is 0 Å². The zero-order valence-corrected chi connectivity index (χ0v) is 23.4. The Morgan fingerprint density at radius 1 is 0.806 bits per heavy atom. The molecule has 0 spiro atoms. The summed E-state index contributed by atoms with van der Waals surface area (Å²) in [4.78, 5) is 0.236. The van der Waals surface area contributed by atoms with Gasteiger partial charge in [0.25, 0.3) is 18.4 Å². The van der Waals surface area contributed by atoms with E-state index in [0.717, 1.165) is 18.4 Å². The van der Waals surface area contributed by atoms with E-state index < -0.39 is 18.4 Å². The molecule has 0 aromatic heterocycles. The van der Waals surface area contributed by atoms with E-state index in [1.807, 2.05) is 6.92 Å². The number of hydrogen-bond donors (Lipinski definition) is 0. The lowest BCUT2D eigenvalue weighted by Gasteiger charge is -2.43. The summed E-state index contributed by atoms with van der Waals surface area (Å²) in [6.07, 6.45) is 1.32. The number of hydrogen-bond acceptors (Lipinski definition) is 4. The number of benzene rings is 3. The Balaban J connectivity index is 1.29. The molecule has 4 atom stereocenters. The number of fused-ring (bicyclic) bond motifs is 1. The maximum absolute atomic E-state index is 12.7. The molecule has 0 amide bonds. The van der Waals surface area contributed by atoms with Gasteiger partial charge in [0.1, 0.15) is 0 Å². The second-order valence-electron chi connectivity index (χ2n) is 11.4. The summed E-state index contributed by atoms with van der Waals surface area (Å²) in [5, 5.41) is 2.54. The van der Waals surface area contributed by atoms with Crippen molar-refractivity contribution >= 4 is 28.8 Å². The van der Waals surface area contributed by atoms with E-state index in [1.165, 1.54) is 10.4 Å².